The molecule has 5 nitrogen and oxygen atoms in total. The van der Waals surface area contributed by atoms with Crippen LogP contribution in [0.2, 0.25) is 0 Å². The fraction of sp³-hybridized carbons (Fsp3) is 0.471. The summed E-state index contributed by atoms with van der Waals surface area (Å²) < 4.78 is 1.93. The maximum absolute atomic E-state index is 9.45. The van der Waals surface area contributed by atoms with E-state index < -0.39 is 0 Å². The van der Waals surface area contributed by atoms with E-state index in [1.165, 1.54) is 0 Å². The molecule has 1 aliphatic heterocycles. The number of hydrogen-bond donors (Lipinski definition) is 1. The molecule has 1 aliphatic rings. The zero-order valence-electron chi connectivity index (χ0n) is 13.1. The minimum absolute atomic E-state index is 0.242. The van der Waals surface area contributed by atoms with Gasteiger partial charge in [-0.05, 0) is 25.1 Å². The van der Waals surface area contributed by atoms with Crippen molar-refractivity contribution in [3.05, 3.63) is 48.3 Å². The fourth-order valence-corrected chi connectivity index (χ4v) is 2.90. The third-order valence-electron chi connectivity index (χ3n) is 4.04. The lowest BCUT2D eigenvalue weighted by Crippen LogP contribution is -2.47. The second-order valence-electron chi connectivity index (χ2n) is 6.01. The minimum Gasteiger partial charge on any atom is -0.392 e. The second kappa shape index (κ2) is 7.05. The third-order valence-corrected chi connectivity index (χ3v) is 4.04. The van der Waals surface area contributed by atoms with Gasteiger partial charge in [-0.2, -0.15) is 5.10 Å². The molecule has 2 aromatic rings. The van der Waals surface area contributed by atoms with E-state index in [2.05, 4.69) is 33.1 Å². The topological polar surface area (TPSA) is 44.5 Å². The first kappa shape index (κ1) is 15.2. The molecule has 0 saturated carbocycles. The van der Waals surface area contributed by atoms with Crippen molar-refractivity contribution in [2.75, 3.05) is 32.7 Å². The van der Waals surface area contributed by atoms with Gasteiger partial charge in [-0.15, -0.1) is 0 Å². The maximum atomic E-state index is 9.45. The van der Waals surface area contributed by atoms with Crippen LogP contribution >= 0.6 is 0 Å². The van der Waals surface area contributed by atoms with Crippen molar-refractivity contribution in [2.24, 2.45) is 0 Å². The van der Waals surface area contributed by atoms with Crippen molar-refractivity contribution in [3.8, 4) is 5.69 Å². The van der Waals surface area contributed by atoms with E-state index in [9.17, 15) is 5.11 Å². The molecule has 1 N–H and O–H groups in total. The molecule has 1 aromatic heterocycles. The Morgan fingerprint density at radius 2 is 1.73 bits per heavy atom. The highest BCUT2D eigenvalue weighted by molar-refractivity contribution is 5.30. The van der Waals surface area contributed by atoms with Crippen LogP contribution in [0.25, 0.3) is 5.69 Å². The monoisotopic (exact) mass is 300 g/mol. The highest BCUT2D eigenvalue weighted by Gasteiger charge is 2.18. The number of benzene rings is 1. The Morgan fingerprint density at radius 3 is 2.41 bits per heavy atom. The van der Waals surface area contributed by atoms with Crippen LogP contribution in [0.1, 0.15) is 12.6 Å². The number of para-hydroxylation sites is 1. The van der Waals surface area contributed by atoms with Gasteiger partial charge in [0.1, 0.15) is 0 Å². The molecule has 0 bridgehead atoms. The van der Waals surface area contributed by atoms with E-state index >= 15 is 0 Å². The van der Waals surface area contributed by atoms with Gasteiger partial charge in [-0.3, -0.25) is 9.80 Å². The molecule has 0 unspecified atom stereocenters. The summed E-state index contributed by atoms with van der Waals surface area (Å²) in [7, 11) is 0. The van der Waals surface area contributed by atoms with Crippen molar-refractivity contribution in [2.45, 2.75) is 19.6 Å². The number of rotatable bonds is 5. The molecule has 3 rings (SSSR count). The molecule has 0 spiro atoms. The van der Waals surface area contributed by atoms with E-state index in [1.54, 1.807) is 0 Å². The lowest BCUT2D eigenvalue weighted by atomic mass is 10.2. The van der Waals surface area contributed by atoms with E-state index in [4.69, 9.17) is 0 Å². The zero-order valence-corrected chi connectivity index (χ0v) is 13.1. The average Bonchev–Trinajstić information content (AvgIpc) is 2.98. The molecule has 0 radical (unpaired) electrons. The lowest BCUT2D eigenvalue weighted by molar-refractivity contribution is 0.0776. The van der Waals surface area contributed by atoms with Crippen LogP contribution in [0.4, 0.5) is 0 Å². The Hall–Kier alpha value is -1.69. The Labute approximate surface area is 131 Å². The smallest absolute Gasteiger partial charge is 0.0769 e. The van der Waals surface area contributed by atoms with Crippen molar-refractivity contribution >= 4 is 0 Å². The molecule has 118 valence electrons. The molecule has 1 aromatic carbocycles. The van der Waals surface area contributed by atoms with Crippen LogP contribution in [-0.4, -0.2) is 63.5 Å². The van der Waals surface area contributed by atoms with Gasteiger partial charge in [0.25, 0.3) is 0 Å². The number of nitrogens with zero attached hydrogens (tertiary/aromatic N) is 4. The molecular formula is C17H24N4O. The van der Waals surface area contributed by atoms with Gasteiger partial charge >= 0.3 is 0 Å². The van der Waals surface area contributed by atoms with E-state index in [0.717, 1.165) is 50.6 Å². The molecule has 1 fully saturated rings. The second-order valence-corrected chi connectivity index (χ2v) is 6.01. The predicted octanol–water partition coefficient (Wildman–Crippen LogP) is 1.37. The van der Waals surface area contributed by atoms with Crippen LogP contribution in [0.15, 0.2) is 42.6 Å². The Kier molecular flexibility index (Phi) is 4.87. The highest BCUT2D eigenvalue weighted by Crippen LogP contribution is 2.10. The standard InChI is InChI=1S/C17H24N4O/c1-15(22)13-19-9-11-20(12-10-19)14-16-7-8-21(18-16)17-5-3-2-4-6-17/h2-8,15,22H,9-14H2,1H3/t15-/m1/s1. The van der Waals surface area contributed by atoms with E-state index in [-0.39, 0.29) is 6.10 Å². The highest BCUT2D eigenvalue weighted by atomic mass is 16.3. The summed E-state index contributed by atoms with van der Waals surface area (Å²) in [5, 5.41) is 14.1. The minimum atomic E-state index is -0.242. The fourth-order valence-electron chi connectivity index (χ4n) is 2.90. The number of piperazine rings is 1. The number of hydrogen-bond acceptors (Lipinski definition) is 4. The Bertz CT molecular complexity index is 573. The zero-order chi connectivity index (χ0) is 15.4. The predicted molar refractivity (Wildman–Crippen MR) is 87.0 cm³/mol. The molecule has 1 atom stereocenters. The summed E-state index contributed by atoms with van der Waals surface area (Å²) in [6.45, 7) is 7.62. The molecule has 0 amide bonds. The first-order chi connectivity index (χ1) is 10.7. The van der Waals surface area contributed by atoms with Crippen molar-refractivity contribution in [1.82, 2.24) is 19.6 Å². The van der Waals surface area contributed by atoms with Crippen molar-refractivity contribution in [3.63, 3.8) is 0 Å². The number of β-amino-alcohol motifs (C(OH)–C–C–N with tert-alkyl or cyclic N) is 1. The lowest BCUT2D eigenvalue weighted by Gasteiger charge is -2.34. The van der Waals surface area contributed by atoms with Crippen LogP contribution in [0.5, 0.6) is 0 Å². The SMILES string of the molecule is C[C@@H](O)CN1CCN(Cc2ccn(-c3ccccc3)n2)CC1. The van der Waals surface area contributed by atoms with E-state index in [0.29, 0.717) is 0 Å². The van der Waals surface area contributed by atoms with Gasteiger partial charge in [0.05, 0.1) is 17.5 Å². The molecule has 22 heavy (non-hydrogen) atoms. The third kappa shape index (κ3) is 3.94. The number of aliphatic hydroxyl groups excluding tert-OH is 1. The summed E-state index contributed by atoms with van der Waals surface area (Å²) in [6, 6.07) is 12.3. The maximum Gasteiger partial charge on any atom is 0.0769 e. The summed E-state index contributed by atoms with van der Waals surface area (Å²) in [6.07, 6.45) is 1.78. The van der Waals surface area contributed by atoms with Crippen LogP contribution in [0.3, 0.4) is 0 Å². The van der Waals surface area contributed by atoms with E-state index in [1.807, 2.05) is 36.0 Å². The van der Waals surface area contributed by atoms with Gasteiger partial charge in [0, 0.05) is 45.5 Å². The Balaban J connectivity index is 1.54. The molecule has 0 aliphatic carbocycles. The van der Waals surface area contributed by atoms with Gasteiger partial charge < -0.3 is 5.11 Å². The summed E-state index contributed by atoms with van der Waals surface area (Å²) >= 11 is 0. The molecular weight excluding hydrogens is 276 g/mol. The number of aliphatic hydroxyl groups is 1. The van der Waals surface area contributed by atoms with Crippen LogP contribution in [0, 0.1) is 0 Å². The van der Waals surface area contributed by atoms with Gasteiger partial charge in [0.2, 0.25) is 0 Å². The number of aromatic nitrogens is 2. The van der Waals surface area contributed by atoms with Crippen molar-refractivity contribution in [1.29, 1.82) is 0 Å². The van der Waals surface area contributed by atoms with Crippen LogP contribution < -0.4 is 0 Å². The molecule has 1 saturated heterocycles. The largest absolute Gasteiger partial charge is 0.392 e. The van der Waals surface area contributed by atoms with Gasteiger partial charge in [-0.25, -0.2) is 4.68 Å². The summed E-state index contributed by atoms with van der Waals surface area (Å²) in [5.74, 6) is 0. The first-order valence-electron chi connectivity index (χ1n) is 7.93. The summed E-state index contributed by atoms with van der Waals surface area (Å²) in [4.78, 5) is 4.75. The van der Waals surface area contributed by atoms with Crippen molar-refractivity contribution < 1.29 is 5.11 Å². The quantitative estimate of drug-likeness (QED) is 0.906. The molecule has 2 heterocycles. The Morgan fingerprint density at radius 1 is 1.05 bits per heavy atom. The average molecular weight is 300 g/mol. The summed E-state index contributed by atoms with van der Waals surface area (Å²) in [5.41, 5.74) is 2.20. The van der Waals surface area contributed by atoms with Gasteiger partial charge in [-0.1, -0.05) is 18.2 Å². The first-order valence-corrected chi connectivity index (χ1v) is 7.93. The normalized spacial score (nSPS) is 18.5. The van der Waals surface area contributed by atoms with Crippen LogP contribution in [-0.2, 0) is 6.54 Å². The van der Waals surface area contributed by atoms with Gasteiger partial charge in [0.15, 0.2) is 0 Å². The molecule has 5 heteroatoms.